The van der Waals surface area contributed by atoms with Crippen molar-refractivity contribution in [3.63, 3.8) is 0 Å². The largest absolute Gasteiger partial charge is 0.310 e. The molecule has 11 aromatic rings. The van der Waals surface area contributed by atoms with Gasteiger partial charge in [0, 0.05) is 53.4 Å². The second kappa shape index (κ2) is 11.9. The van der Waals surface area contributed by atoms with Crippen molar-refractivity contribution in [2.24, 2.45) is 0 Å². The number of hydrogen-bond acceptors (Lipinski definition) is 2. The Labute approximate surface area is 311 Å². The molecule has 0 N–H and O–H groups in total. The van der Waals surface area contributed by atoms with Crippen LogP contribution in [-0.4, -0.2) is 4.57 Å². The van der Waals surface area contributed by atoms with Crippen LogP contribution in [0, 0.1) is 0 Å². The summed E-state index contributed by atoms with van der Waals surface area (Å²) in [5, 5.41) is 10.1. The predicted molar refractivity (Wildman–Crippen MR) is 229 cm³/mol. The summed E-state index contributed by atoms with van der Waals surface area (Å²) in [5.41, 5.74) is 9.34. The SMILES string of the molecule is c1ccc(-c2cccc(N(c3ccc4c5ccc6ccccc6c5n(-c5ccccc5)c4c3)c3cccc4sc5c6ccccc6ccc5c34)c2)cc1. The standard InChI is InChI=1S/C50H32N2S/c1-3-13-33(14-4-1)36-17-11-20-38(31-36)51(45-23-12-24-47-48(45)44-29-26-35-16-8-10-22-41(35)50(44)53-47)39-27-30-42-43-28-25-34-15-7-9-21-40(34)49(43)52(46(42)32-39)37-18-5-2-6-19-37/h1-32H. The first kappa shape index (κ1) is 30.0. The van der Waals surface area contributed by atoms with E-state index in [-0.39, 0.29) is 0 Å². The molecule has 0 fully saturated rings. The first-order valence-corrected chi connectivity index (χ1v) is 18.9. The van der Waals surface area contributed by atoms with E-state index in [1.807, 2.05) is 11.3 Å². The maximum atomic E-state index is 2.47. The van der Waals surface area contributed by atoms with Gasteiger partial charge in [-0.1, -0.05) is 146 Å². The normalized spacial score (nSPS) is 11.8. The number of para-hydroxylation sites is 1. The van der Waals surface area contributed by atoms with Gasteiger partial charge in [-0.05, 0) is 75.8 Å². The van der Waals surface area contributed by atoms with E-state index in [0.29, 0.717) is 0 Å². The molecule has 0 saturated heterocycles. The number of anilines is 3. The molecule has 2 nitrogen and oxygen atoms in total. The number of rotatable bonds is 5. The minimum atomic E-state index is 1.11. The van der Waals surface area contributed by atoms with E-state index in [9.17, 15) is 0 Å². The van der Waals surface area contributed by atoms with Crippen LogP contribution in [0.4, 0.5) is 17.1 Å². The van der Waals surface area contributed by atoms with Crippen molar-refractivity contribution >= 4 is 91.9 Å². The number of benzene rings is 9. The highest BCUT2D eigenvalue weighted by molar-refractivity contribution is 7.26. The lowest BCUT2D eigenvalue weighted by Crippen LogP contribution is -2.10. The third-order valence-corrected chi connectivity index (χ3v) is 11.9. The van der Waals surface area contributed by atoms with Crippen LogP contribution < -0.4 is 4.90 Å². The molecule has 0 aliphatic heterocycles. The first-order chi connectivity index (χ1) is 26.3. The van der Waals surface area contributed by atoms with Crippen molar-refractivity contribution in [2.45, 2.75) is 0 Å². The molecule has 53 heavy (non-hydrogen) atoms. The number of nitrogens with zero attached hydrogens (tertiary/aromatic N) is 2. The molecule has 0 saturated carbocycles. The van der Waals surface area contributed by atoms with Crippen LogP contribution in [0.3, 0.4) is 0 Å². The van der Waals surface area contributed by atoms with Crippen LogP contribution in [0.5, 0.6) is 0 Å². The van der Waals surface area contributed by atoms with Gasteiger partial charge in [0.2, 0.25) is 0 Å². The van der Waals surface area contributed by atoms with Gasteiger partial charge < -0.3 is 9.47 Å². The zero-order valence-corrected chi connectivity index (χ0v) is 29.6. The molecule has 0 bridgehead atoms. The lowest BCUT2D eigenvalue weighted by molar-refractivity contribution is 1.18. The van der Waals surface area contributed by atoms with Gasteiger partial charge in [0.05, 0.1) is 16.7 Å². The average molecular weight is 693 g/mol. The smallest absolute Gasteiger partial charge is 0.0619 e. The maximum Gasteiger partial charge on any atom is 0.0619 e. The monoisotopic (exact) mass is 692 g/mol. The Morgan fingerprint density at radius 3 is 1.89 bits per heavy atom. The van der Waals surface area contributed by atoms with Gasteiger partial charge in [-0.15, -0.1) is 11.3 Å². The molecule has 0 aliphatic rings. The molecule has 0 radical (unpaired) electrons. The lowest BCUT2D eigenvalue weighted by atomic mass is 10.0. The van der Waals surface area contributed by atoms with Gasteiger partial charge in [-0.3, -0.25) is 0 Å². The average Bonchev–Trinajstić information content (AvgIpc) is 3.78. The van der Waals surface area contributed by atoms with Crippen LogP contribution in [0.1, 0.15) is 0 Å². The Morgan fingerprint density at radius 2 is 1.06 bits per heavy atom. The van der Waals surface area contributed by atoms with Crippen molar-refractivity contribution < 1.29 is 0 Å². The van der Waals surface area contributed by atoms with Crippen LogP contribution in [0.15, 0.2) is 194 Å². The third-order valence-electron chi connectivity index (χ3n) is 10.7. The van der Waals surface area contributed by atoms with E-state index < -0.39 is 0 Å². The second-order valence-electron chi connectivity index (χ2n) is 13.7. The maximum absolute atomic E-state index is 2.47. The fraction of sp³-hybridized carbons (Fsp3) is 0. The Kier molecular flexibility index (Phi) is 6.76. The highest BCUT2D eigenvalue weighted by Crippen LogP contribution is 2.48. The summed E-state index contributed by atoms with van der Waals surface area (Å²) in [4.78, 5) is 2.47. The Hall–Kier alpha value is -6.68. The molecule has 2 aromatic heterocycles. The fourth-order valence-corrected chi connectivity index (χ4v) is 9.61. The Balaban J connectivity index is 1.23. The zero-order chi connectivity index (χ0) is 34.9. The summed E-state index contributed by atoms with van der Waals surface area (Å²) in [6, 6.07) is 70.9. The first-order valence-electron chi connectivity index (χ1n) is 18.1. The van der Waals surface area contributed by atoms with Crippen molar-refractivity contribution in [3.05, 3.63) is 194 Å². The summed E-state index contributed by atoms with van der Waals surface area (Å²) in [6.07, 6.45) is 0. The molecule has 248 valence electrons. The zero-order valence-electron chi connectivity index (χ0n) is 28.8. The Morgan fingerprint density at radius 1 is 0.415 bits per heavy atom. The van der Waals surface area contributed by atoms with E-state index in [1.165, 1.54) is 80.3 Å². The van der Waals surface area contributed by atoms with Gasteiger partial charge in [0.25, 0.3) is 0 Å². The van der Waals surface area contributed by atoms with Gasteiger partial charge in [0.1, 0.15) is 0 Å². The fourth-order valence-electron chi connectivity index (χ4n) is 8.35. The van der Waals surface area contributed by atoms with Crippen LogP contribution in [0.25, 0.3) is 80.3 Å². The van der Waals surface area contributed by atoms with Gasteiger partial charge in [-0.25, -0.2) is 0 Å². The molecule has 0 spiro atoms. The predicted octanol–water partition coefficient (Wildman–Crippen LogP) is 14.6. The summed E-state index contributed by atoms with van der Waals surface area (Å²) in [5.74, 6) is 0. The van der Waals surface area contributed by atoms with Crippen molar-refractivity contribution in [1.29, 1.82) is 0 Å². The summed E-state index contributed by atoms with van der Waals surface area (Å²) < 4.78 is 5.07. The molecular weight excluding hydrogens is 661 g/mol. The highest BCUT2D eigenvalue weighted by Gasteiger charge is 2.22. The molecule has 2 heterocycles. The molecular formula is C50H32N2S. The van der Waals surface area contributed by atoms with Gasteiger partial charge >= 0.3 is 0 Å². The molecule has 0 aliphatic carbocycles. The molecule has 0 unspecified atom stereocenters. The van der Waals surface area contributed by atoms with E-state index >= 15 is 0 Å². The number of hydrogen-bond donors (Lipinski definition) is 0. The molecule has 9 aromatic carbocycles. The van der Waals surface area contributed by atoms with E-state index in [2.05, 4.69) is 204 Å². The summed E-state index contributed by atoms with van der Waals surface area (Å²) >= 11 is 1.89. The minimum absolute atomic E-state index is 1.11. The lowest BCUT2D eigenvalue weighted by Gasteiger charge is -2.27. The number of fused-ring (bicyclic) bond motifs is 10. The number of aromatic nitrogens is 1. The summed E-state index contributed by atoms with van der Waals surface area (Å²) in [7, 11) is 0. The molecule has 3 heteroatoms. The molecule has 0 amide bonds. The van der Waals surface area contributed by atoms with E-state index in [4.69, 9.17) is 0 Å². The van der Waals surface area contributed by atoms with Gasteiger partial charge in [0.15, 0.2) is 0 Å². The minimum Gasteiger partial charge on any atom is -0.310 e. The van der Waals surface area contributed by atoms with Crippen molar-refractivity contribution in [3.8, 4) is 16.8 Å². The van der Waals surface area contributed by atoms with Crippen molar-refractivity contribution in [2.75, 3.05) is 4.90 Å². The van der Waals surface area contributed by atoms with E-state index in [0.717, 1.165) is 17.1 Å². The summed E-state index contributed by atoms with van der Waals surface area (Å²) in [6.45, 7) is 0. The van der Waals surface area contributed by atoms with Crippen LogP contribution >= 0.6 is 11.3 Å². The molecule has 11 rings (SSSR count). The second-order valence-corrected chi connectivity index (χ2v) is 14.8. The van der Waals surface area contributed by atoms with Crippen molar-refractivity contribution in [1.82, 2.24) is 4.57 Å². The Bertz CT molecular complexity index is 3170. The van der Waals surface area contributed by atoms with Crippen LogP contribution in [-0.2, 0) is 0 Å². The van der Waals surface area contributed by atoms with Gasteiger partial charge in [-0.2, -0.15) is 0 Å². The van der Waals surface area contributed by atoms with Crippen LogP contribution in [0.2, 0.25) is 0 Å². The quantitative estimate of drug-likeness (QED) is 0.174. The molecule has 0 atom stereocenters. The topological polar surface area (TPSA) is 8.17 Å². The van der Waals surface area contributed by atoms with E-state index in [1.54, 1.807) is 0 Å². The third kappa shape index (κ3) is 4.71. The highest BCUT2D eigenvalue weighted by atomic mass is 32.1. The number of thiophene rings is 1.